The van der Waals surface area contributed by atoms with Gasteiger partial charge in [0.1, 0.15) is 6.61 Å². The summed E-state index contributed by atoms with van der Waals surface area (Å²) in [6, 6.07) is 12.3. The minimum Gasteiger partial charge on any atom is -0.457 e. The van der Waals surface area contributed by atoms with Crippen molar-refractivity contribution in [3.63, 3.8) is 0 Å². The van der Waals surface area contributed by atoms with Gasteiger partial charge in [0.15, 0.2) is 0 Å². The van der Waals surface area contributed by atoms with Gasteiger partial charge < -0.3 is 9.72 Å². The Labute approximate surface area is 147 Å². The van der Waals surface area contributed by atoms with Gasteiger partial charge in [0.25, 0.3) is 5.69 Å². The maximum atomic E-state index is 12.1. The second-order valence-electron chi connectivity index (χ2n) is 5.62. The monoisotopic (exact) mass is 353 g/mol. The molecule has 8 heteroatoms. The van der Waals surface area contributed by atoms with Crippen LogP contribution in [-0.2, 0) is 11.3 Å². The van der Waals surface area contributed by atoms with E-state index in [0.717, 1.165) is 5.69 Å². The molecular weight excluding hydrogens is 338 g/mol. The van der Waals surface area contributed by atoms with E-state index in [1.165, 1.54) is 22.8 Å². The van der Waals surface area contributed by atoms with Crippen LogP contribution in [0.15, 0.2) is 59.5 Å². The summed E-state index contributed by atoms with van der Waals surface area (Å²) in [5, 5.41) is 10.8. The van der Waals surface area contributed by atoms with Crippen molar-refractivity contribution in [3.8, 4) is 5.69 Å². The fourth-order valence-corrected chi connectivity index (χ4v) is 2.51. The average Bonchev–Trinajstić information content (AvgIpc) is 2.98. The van der Waals surface area contributed by atoms with Crippen molar-refractivity contribution in [2.24, 2.45) is 0 Å². The Morgan fingerprint density at radius 2 is 1.96 bits per heavy atom. The molecule has 0 atom stereocenters. The predicted octanol–water partition coefficient (Wildman–Crippen LogP) is 2.74. The molecule has 1 N–H and O–H groups in total. The van der Waals surface area contributed by atoms with Gasteiger partial charge in [-0.3, -0.25) is 14.7 Å². The molecule has 132 valence electrons. The van der Waals surface area contributed by atoms with Crippen LogP contribution in [-0.4, -0.2) is 20.4 Å². The van der Waals surface area contributed by atoms with Crippen molar-refractivity contribution in [3.05, 3.63) is 92.1 Å². The van der Waals surface area contributed by atoms with Crippen LogP contribution in [0, 0.1) is 17.0 Å². The number of carbonyl (C=O) groups is 1. The highest BCUT2D eigenvalue weighted by molar-refractivity contribution is 5.89. The van der Waals surface area contributed by atoms with Gasteiger partial charge >= 0.3 is 11.7 Å². The van der Waals surface area contributed by atoms with Crippen LogP contribution in [0.5, 0.6) is 0 Å². The zero-order valence-electron chi connectivity index (χ0n) is 13.8. The van der Waals surface area contributed by atoms with Crippen LogP contribution >= 0.6 is 0 Å². The van der Waals surface area contributed by atoms with Crippen LogP contribution in [0.25, 0.3) is 5.69 Å². The van der Waals surface area contributed by atoms with Crippen molar-refractivity contribution in [2.75, 3.05) is 0 Å². The van der Waals surface area contributed by atoms with Gasteiger partial charge in [0, 0.05) is 24.0 Å². The number of aryl methyl sites for hydroxylation is 1. The summed E-state index contributed by atoms with van der Waals surface area (Å²) in [4.78, 5) is 36.7. The second-order valence-corrected chi connectivity index (χ2v) is 5.62. The number of nitrogens with zero attached hydrogens (tertiary/aromatic N) is 2. The molecule has 0 spiro atoms. The molecule has 26 heavy (non-hydrogen) atoms. The SMILES string of the molecule is Cc1c[nH]c(=O)n1-c1ccc(C(=O)OCc2cccc([N+](=O)[O-])c2)cc1. The highest BCUT2D eigenvalue weighted by atomic mass is 16.6. The van der Waals surface area contributed by atoms with E-state index in [-0.39, 0.29) is 18.0 Å². The number of aromatic nitrogens is 2. The molecule has 0 saturated carbocycles. The van der Waals surface area contributed by atoms with Crippen molar-refractivity contribution < 1.29 is 14.5 Å². The van der Waals surface area contributed by atoms with Gasteiger partial charge in [-0.25, -0.2) is 9.59 Å². The zero-order chi connectivity index (χ0) is 18.7. The summed E-state index contributed by atoms with van der Waals surface area (Å²) >= 11 is 0. The average molecular weight is 353 g/mol. The molecule has 8 nitrogen and oxygen atoms in total. The number of nitro benzene ring substituents is 1. The normalized spacial score (nSPS) is 10.5. The molecular formula is C18H15N3O5. The highest BCUT2D eigenvalue weighted by Crippen LogP contribution is 2.15. The number of benzene rings is 2. The molecule has 3 aromatic rings. The first kappa shape index (κ1) is 17.2. The number of non-ortho nitro benzene ring substituents is 1. The number of ether oxygens (including phenoxy) is 1. The van der Waals surface area contributed by atoms with E-state index in [9.17, 15) is 19.7 Å². The molecule has 1 aromatic heterocycles. The summed E-state index contributed by atoms with van der Waals surface area (Å²) in [7, 11) is 0. The van der Waals surface area contributed by atoms with E-state index < -0.39 is 10.9 Å². The van der Waals surface area contributed by atoms with E-state index in [1.807, 2.05) is 0 Å². The fourth-order valence-electron chi connectivity index (χ4n) is 2.51. The highest BCUT2D eigenvalue weighted by Gasteiger charge is 2.11. The van der Waals surface area contributed by atoms with E-state index in [0.29, 0.717) is 16.8 Å². The molecule has 0 aliphatic carbocycles. The predicted molar refractivity (Wildman–Crippen MR) is 93.3 cm³/mol. The van der Waals surface area contributed by atoms with Gasteiger partial charge in [0.05, 0.1) is 16.2 Å². The van der Waals surface area contributed by atoms with E-state index in [4.69, 9.17) is 4.74 Å². The van der Waals surface area contributed by atoms with Crippen LogP contribution < -0.4 is 5.69 Å². The standard InChI is InChI=1S/C18H15N3O5/c1-12-10-19-18(23)20(12)15-7-5-14(6-8-15)17(22)26-11-13-3-2-4-16(9-13)21(24)25/h2-10H,11H2,1H3,(H,19,23). The summed E-state index contributed by atoms with van der Waals surface area (Å²) in [6.45, 7) is 1.72. The molecule has 0 amide bonds. The maximum Gasteiger partial charge on any atom is 0.338 e. The van der Waals surface area contributed by atoms with Gasteiger partial charge in [-0.2, -0.15) is 0 Å². The molecule has 1 heterocycles. The Balaban J connectivity index is 1.70. The fraction of sp³-hybridized carbons (Fsp3) is 0.111. The van der Waals surface area contributed by atoms with Crippen LogP contribution in [0.3, 0.4) is 0 Å². The topological polar surface area (TPSA) is 107 Å². The minimum atomic E-state index is -0.554. The largest absolute Gasteiger partial charge is 0.457 e. The number of rotatable bonds is 5. The van der Waals surface area contributed by atoms with Crippen molar-refractivity contribution >= 4 is 11.7 Å². The number of nitro groups is 1. The summed E-state index contributed by atoms with van der Waals surface area (Å²) in [5.74, 6) is -0.554. The first-order valence-corrected chi connectivity index (χ1v) is 7.73. The third kappa shape index (κ3) is 3.54. The smallest absolute Gasteiger partial charge is 0.338 e. The van der Waals surface area contributed by atoms with Gasteiger partial charge in [-0.05, 0) is 36.8 Å². The van der Waals surface area contributed by atoms with E-state index in [1.54, 1.807) is 43.5 Å². The van der Waals surface area contributed by atoms with Crippen molar-refractivity contribution in [1.29, 1.82) is 0 Å². The summed E-state index contributed by atoms with van der Waals surface area (Å²) in [6.07, 6.45) is 1.60. The maximum absolute atomic E-state index is 12.1. The second kappa shape index (κ2) is 7.06. The lowest BCUT2D eigenvalue weighted by atomic mass is 10.2. The lowest BCUT2D eigenvalue weighted by molar-refractivity contribution is -0.384. The Bertz CT molecular complexity index is 1020. The minimum absolute atomic E-state index is 0.0600. The summed E-state index contributed by atoms with van der Waals surface area (Å²) < 4.78 is 6.68. The molecule has 0 bridgehead atoms. The van der Waals surface area contributed by atoms with Crippen molar-refractivity contribution in [1.82, 2.24) is 9.55 Å². The molecule has 0 aliphatic rings. The summed E-state index contributed by atoms with van der Waals surface area (Å²) in [5.41, 5.74) is 1.90. The quantitative estimate of drug-likeness (QED) is 0.431. The zero-order valence-corrected chi connectivity index (χ0v) is 13.8. The first-order valence-electron chi connectivity index (χ1n) is 7.73. The molecule has 0 radical (unpaired) electrons. The number of H-pyrrole nitrogens is 1. The van der Waals surface area contributed by atoms with Gasteiger partial charge in [0.2, 0.25) is 0 Å². The Morgan fingerprint density at radius 1 is 1.23 bits per heavy atom. The molecule has 0 aliphatic heterocycles. The van der Waals surface area contributed by atoms with Gasteiger partial charge in [-0.15, -0.1) is 0 Å². The number of hydrogen-bond acceptors (Lipinski definition) is 5. The lowest BCUT2D eigenvalue weighted by Crippen LogP contribution is -2.16. The Kier molecular flexibility index (Phi) is 4.66. The van der Waals surface area contributed by atoms with Crippen LogP contribution in [0.2, 0.25) is 0 Å². The number of imidazole rings is 1. The van der Waals surface area contributed by atoms with Crippen molar-refractivity contribution in [2.45, 2.75) is 13.5 Å². The number of nitrogens with one attached hydrogen (secondary N) is 1. The molecule has 0 unspecified atom stereocenters. The Hall–Kier alpha value is -3.68. The molecule has 2 aromatic carbocycles. The van der Waals surface area contributed by atoms with Crippen LogP contribution in [0.1, 0.15) is 21.6 Å². The third-order valence-corrected chi connectivity index (χ3v) is 3.81. The van der Waals surface area contributed by atoms with Crippen LogP contribution in [0.4, 0.5) is 5.69 Å². The van der Waals surface area contributed by atoms with E-state index >= 15 is 0 Å². The number of hydrogen-bond donors (Lipinski definition) is 1. The number of aromatic amines is 1. The molecule has 0 fully saturated rings. The first-order chi connectivity index (χ1) is 12.5. The van der Waals surface area contributed by atoms with E-state index in [2.05, 4.69) is 4.98 Å². The van der Waals surface area contributed by atoms with Gasteiger partial charge in [-0.1, -0.05) is 12.1 Å². The Morgan fingerprint density at radius 3 is 2.58 bits per heavy atom. The molecule has 3 rings (SSSR count). The molecule has 0 saturated heterocycles. The third-order valence-electron chi connectivity index (χ3n) is 3.81. The number of esters is 1. The number of carbonyl (C=O) groups excluding carboxylic acids is 1. The lowest BCUT2D eigenvalue weighted by Gasteiger charge is -2.07.